The van der Waals surface area contributed by atoms with Crippen molar-refractivity contribution < 1.29 is 14.2 Å². The monoisotopic (exact) mass is 281 g/mol. The molecule has 0 radical (unpaired) electrons. The van der Waals surface area contributed by atoms with Crippen molar-refractivity contribution in [3.63, 3.8) is 0 Å². The van der Waals surface area contributed by atoms with Crippen molar-refractivity contribution >= 4 is 0 Å². The van der Waals surface area contributed by atoms with Gasteiger partial charge in [0.15, 0.2) is 0 Å². The molecule has 2 rings (SSSR count). The molecule has 112 valence electrons. The van der Waals surface area contributed by atoms with E-state index in [4.69, 9.17) is 4.74 Å². The lowest BCUT2D eigenvalue weighted by Crippen LogP contribution is -2.53. The molecule has 0 bridgehead atoms. The van der Waals surface area contributed by atoms with Gasteiger partial charge in [-0.2, -0.15) is 0 Å². The summed E-state index contributed by atoms with van der Waals surface area (Å²) in [5, 5.41) is 13.3. The van der Waals surface area contributed by atoms with Crippen LogP contribution < -0.4 is 5.32 Å². The fraction of sp³-hybridized carbons (Fsp3) is 0.625. The Bertz CT molecular complexity index is 415. The summed E-state index contributed by atoms with van der Waals surface area (Å²) in [6.07, 6.45) is 4.18. The number of halogens is 1. The molecular weight excluding hydrogens is 257 g/mol. The van der Waals surface area contributed by atoms with Crippen LogP contribution in [0.5, 0.6) is 0 Å². The molecule has 3 nitrogen and oxygen atoms in total. The number of β-amino-alcohol motifs (C(OH)–C–C–N with tert-alkyl or cyclic N) is 1. The smallest absolute Gasteiger partial charge is 0.128 e. The molecule has 1 atom stereocenters. The minimum atomic E-state index is -0.550. The highest BCUT2D eigenvalue weighted by Crippen LogP contribution is 2.34. The zero-order valence-electron chi connectivity index (χ0n) is 12.1. The topological polar surface area (TPSA) is 41.5 Å². The molecule has 1 unspecified atom stereocenters. The number of aliphatic hydroxyl groups is 1. The molecule has 1 aliphatic rings. The van der Waals surface area contributed by atoms with Crippen molar-refractivity contribution in [1.82, 2.24) is 5.32 Å². The Morgan fingerprint density at radius 2 is 2.15 bits per heavy atom. The van der Waals surface area contributed by atoms with Gasteiger partial charge < -0.3 is 15.2 Å². The number of hydrogen-bond donors (Lipinski definition) is 2. The quantitative estimate of drug-likeness (QED) is 0.769. The molecule has 0 saturated heterocycles. The SMILES string of the molecule is CCC1(NCC(O)COCc2ccccc2F)CCC1. The van der Waals surface area contributed by atoms with Crippen molar-refractivity contribution in [2.24, 2.45) is 0 Å². The van der Waals surface area contributed by atoms with Crippen molar-refractivity contribution in [3.05, 3.63) is 35.6 Å². The third kappa shape index (κ3) is 4.01. The summed E-state index contributed by atoms with van der Waals surface area (Å²) in [6.45, 7) is 3.13. The van der Waals surface area contributed by atoms with E-state index in [-0.39, 0.29) is 24.6 Å². The summed E-state index contributed by atoms with van der Waals surface area (Å²) < 4.78 is 18.7. The zero-order valence-corrected chi connectivity index (χ0v) is 12.1. The Labute approximate surface area is 120 Å². The van der Waals surface area contributed by atoms with Crippen molar-refractivity contribution in [1.29, 1.82) is 0 Å². The Kier molecular flexibility index (Phi) is 5.52. The molecule has 4 heteroatoms. The minimum Gasteiger partial charge on any atom is -0.389 e. The first-order valence-electron chi connectivity index (χ1n) is 7.39. The van der Waals surface area contributed by atoms with E-state index in [1.165, 1.54) is 25.3 Å². The third-order valence-corrected chi connectivity index (χ3v) is 4.23. The molecule has 1 aromatic carbocycles. The van der Waals surface area contributed by atoms with Gasteiger partial charge in [-0.25, -0.2) is 4.39 Å². The standard InChI is InChI=1S/C16H24FNO2/c1-2-16(8-5-9-16)18-10-14(19)12-20-11-13-6-3-4-7-15(13)17/h3-4,6-7,14,18-19H,2,5,8-12H2,1H3. The van der Waals surface area contributed by atoms with Crippen molar-refractivity contribution in [2.45, 2.75) is 50.9 Å². The van der Waals surface area contributed by atoms with Crippen molar-refractivity contribution in [3.8, 4) is 0 Å². The predicted molar refractivity (Wildman–Crippen MR) is 76.9 cm³/mol. The zero-order chi connectivity index (χ0) is 14.4. The molecule has 2 N–H and O–H groups in total. The van der Waals surface area contributed by atoms with Gasteiger partial charge >= 0.3 is 0 Å². The van der Waals surface area contributed by atoms with Gasteiger partial charge in [0.1, 0.15) is 5.82 Å². The van der Waals surface area contributed by atoms with Crippen LogP contribution >= 0.6 is 0 Å². The minimum absolute atomic E-state index is 0.197. The van der Waals surface area contributed by atoms with E-state index in [0.29, 0.717) is 12.1 Å². The highest BCUT2D eigenvalue weighted by atomic mass is 19.1. The average Bonchev–Trinajstić information content (AvgIpc) is 2.40. The van der Waals surface area contributed by atoms with Crippen LogP contribution in [0, 0.1) is 5.82 Å². The lowest BCUT2D eigenvalue weighted by molar-refractivity contribution is 0.0193. The maximum atomic E-state index is 13.4. The highest BCUT2D eigenvalue weighted by molar-refractivity contribution is 5.16. The summed E-state index contributed by atoms with van der Waals surface area (Å²) >= 11 is 0. The second kappa shape index (κ2) is 7.16. The predicted octanol–water partition coefficient (Wildman–Crippen LogP) is 2.63. The van der Waals surface area contributed by atoms with Crippen LogP contribution in [-0.2, 0) is 11.3 Å². The molecule has 20 heavy (non-hydrogen) atoms. The number of rotatable bonds is 8. The third-order valence-electron chi connectivity index (χ3n) is 4.23. The van der Waals surface area contributed by atoms with E-state index < -0.39 is 6.10 Å². The highest BCUT2D eigenvalue weighted by Gasteiger charge is 2.34. The van der Waals surface area contributed by atoms with E-state index in [9.17, 15) is 9.50 Å². The lowest BCUT2D eigenvalue weighted by Gasteiger charge is -2.42. The van der Waals surface area contributed by atoms with Gasteiger partial charge in [0, 0.05) is 17.6 Å². The van der Waals surface area contributed by atoms with Crippen LogP contribution in [0.2, 0.25) is 0 Å². The van der Waals surface area contributed by atoms with Gasteiger partial charge in [-0.1, -0.05) is 25.1 Å². The number of aliphatic hydroxyl groups excluding tert-OH is 1. The number of hydrogen-bond acceptors (Lipinski definition) is 3. The van der Waals surface area contributed by atoms with E-state index in [1.54, 1.807) is 18.2 Å². The van der Waals surface area contributed by atoms with Gasteiger partial charge in [-0.3, -0.25) is 0 Å². The Balaban J connectivity index is 1.65. The second-order valence-electron chi connectivity index (χ2n) is 5.63. The lowest BCUT2D eigenvalue weighted by atomic mass is 9.75. The van der Waals surface area contributed by atoms with E-state index in [0.717, 1.165) is 6.42 Å². The molecule has 0 aliphatic heterocycles. The summed E-state index contributed by atoms with van der Waals surface area (Å²) in [5.41, 5.74) is 0.753. The first-order valence-corrected chi connectivity index (χ1v) is 7.39. The van der Waals surface area contributed by atoms with Gasteiger partial charge in [-0.05, 0) is 31.7 Å². The van der Waals surface area contributed by atoms with E-state index in [1.807, 2.05) is 0 Å². The normalized spacial score (nSPS) is 18.6. The van der Waals surface area contributed by atoms with Crippen LogP contribution in [0.1, 0.15) is 38.2 Å². The molecular formula is C16H24FNO2. The van der Waals surface area contributed by atoms with Crippen LogP contribution in [0.4, 0.5) is 4.39 Å². The molecule has 0 spiro atoms. The van der Waals surface area contributed by atoms with Crippen molar-refractivity contribution in [2.75, 3.05) is 13.2 Å². The van der Waals surface area contributed by atoms with E-state index >= 15 is 0 Å². The molecule has 0 amide bonds. The number of ether oxygens (including phenoxy) is 1. The van der Waals surface area contributed by atoms with Gasteiger partial charge in [-0.15, -0.1) is 0 Å². The van der Waals surface area contributed by atoms with Crippen LogP contribution in [-0.4, -0.2) is 29.9 Å². The van der Waals surface area contributed by atoms with E-state index in [2.05, 4.69) is 12.2 Å². The maximum Gasteiger partial charge on any atom is 0.128 e. The average molecular weight is 281 g/mol. The second-order valence-corrected chi connectivity index (χ2v) is 5.63. The number of benzene rings is 1. The van der Waals surface area contributed by atoms with Crippen LogP contribution in [0.3, 0.4) is 0 Å². The summed E-state index contributed by atoms with van der Waals surface area (Å²) in [5.74, 6) is -0.264. The fourth-order valence-corrected chi connectivity index (χ4v) is 2.57. The molecule has 1 fully saturated rings. The Morgan fingerprint density at radius 3 is 2.75 bits per heavy atom. The Morgan fingerprint density at radius 1 is 1.40 bits per heavy atom. The first-order chi connectivity index (χ1) is 9.65. The Hall–Kier alpha value is -0.970. The molecule has 1 saturated carbocycles. The van der Waals surface area contributed by atoms with Gasteiger partial charge in [0.2, 0.25) is 0 Å². The largest absolute Gasteiger partial charge is 0.389 e. The molecule has 1 aliphatic carbocycles. The summed E-state index contributed by atoms with van der Waals surface area (Å²) in [7, 11) is 0. The van der Waals surface area contributed by atoms with Gasteiger partial charge in [0.05, 0.1) is 19.3 Å². The molecule has 0 aromatic heterocycles. The van der Waals surface area contributed by atoms with Gasteiger partial charge in [0.25, 0.3) is 0 Å². The first kappa shape index (κ1) is 15.4. The maximum absolute atomic E-state index is 13.4. The molecule has 1 aromatic rings. The molecule has 0 heterocycles. The number of nitrogens with one attached hydrogen (secondary N) is 1. The summed E-state index contributed by atoms with van der Waals surface area (Å²) in [6, 6.07) is 6.54. The fourth-order valence-electron chi connectivity index (χ4n) is 2.57. The summed E-state index contributed by atoms with van der Waals surface area (Å²) in [4.78, 5) is 0. The van der Waals surface area contributed by atoms with Crippen LogP contribution in [0.25, 0.3) is 0 Å². The van der Waals surface area contributed by atoms with Crippen LogP contribution in [0.15, 0.2) is 24.3 Å².